The second-order valence-electron chi connectivity index (χ2n) is 4.26. The summed E-state index contributed by atoms with van der Waals surface area (Å²) in [6.07, 6.45) is 6.29. The molecule has 2 saturated heterocycles. The van der Waals surface area contributed by atoms with Crippen molar-refractivity contribution in [3.8, 4) is 0 Å². The van der Waals surface area contributed by atoms with Crippen molar-refractivity contribution in [1.82, 2.24) is 9.96 Å². The Labute approximate surface area is 80.3 Å². The van der Waals surface area contributed by atoms with Crippen LogP contribution in [0.25, 0.3) is 0 Å². The van der Waals surface area contributed by atoms with Crippen LogP contribution in [0.5, 0.6) is 0 Å². The van der Waals surface area contributed by atoms with Gasteiger partial charge in [-0.2, -0.15) is 0 Å². The monoisotopic (exact) mass is 183 g/mol. The first-order valence-electron chi connectivity index (χ1n) is 5.52. The van der Waals surface area contributed by atoms with Crippen LogP contribution in [0.3, 0.4) is 0 Å². The molecule has 0 radical (unpaired) electrons. The first-order chi connectivity index (χ1) is 6.36. The van der Waals surface area contributed by atoms with Gasteiger partial charge in [-0.3, -0.25) is 0 Å². The smallest absolute Gasteiger partial charge is 0.0119 e. The van der Waals surface area contributed by atoms with Crippen molar-refractivity contribution in [3.05, 3.63) is 5.21 Å². The summed E-state index contributed by atoms with van der Waals surface area (Å²) in [5, 5.41) is 12.2. The molecule has 76 valence electrons. The fourth-order valence-electron chi connectivity index (χ4n) is 2.49. The SMILES string of the molecule is [O-]N1CCC(N2CCCCC2)CC1. The fraction of sp³-hybridized carbons (Fsp3) is 1.00. The van der Waals surface area contributed by atoms with Gasteiger partial charge in [0, 0.05) is 6.04 Å². The molecule has 2 rings (SSSR count). The molecular weight excluding hydrogens is 164 g/mol. The zero-order chi connectivity index (χ0) is 9.10. The molecule has 0 bridgehead atoms. The molecule has 3 nitrogen and oxygen atoms in total. The van der Waals surface area contributed by atoms with Crippen LogP contribution in [0.15, 0.2) is 0 Å². The van der Waals surface area contributed by atoms with Crippen molar-refractivity contribution < 1.29 is 0 Å². The molecule has 13 heavy (non-hydrogen) atoms. The van der Waals surface area contributed by atoms with Crippen LogP contribution in [0, 0.1) is 5.21 Å². The van der Waals surface area contributed by atoms with Crippen molar-refractivity contribution in [2.24, 2.45) is 0 Å². The highest BCUT2D eigenvalue weighted by atomic mass is 16.5. The summed E-state index contributed by atoms with van der Waals surface area (Å²) in [4.78, 5) is 2.59. The largest absolute Gasteiger partial charge is 0.785 e. The highest BCUT2D eigenvalue weighted by molar-refractivity contribution is 4.81. The van der Waals surface area contributed by atoms with E-state index < -0.39 is 0 Å². The van der Waals surface area contributed by atoms with Crippen LogP contribution in [-0.4, -0.2) is 42.2 Å². The summed E-state index contributed by atoms with van der Waals surface area (Å²) in [5.74, 6) is 0. The Bertz CT molecular complexity index is 149. The van der Waals surface area contributed by atoms with E-state index in [-0.39, 0.29) is 0 Å². The normalized spacial score (nSPS) is 29.3. The first kappa shape index (κ1) is 9.44. The molecule has 0 aromatic carbocycles. The quantitative estimate of drug-likeness (QED) is 0.616. The number of rotatable bonds is 1. The highest BCUT2D eigenvalue weighted by Crippen LogP contribution is 2.19. The number of nitrogens with zero attached hydrogens (tertiary/aromatic N) is 2. The van der Waals surface area contributed by atoms with E-state index in [9.17, 15) is 5.21 Å². The van der Waals surface area contributed by atoms with E-state index in [0.29, 0.717) is 6.04 Å². The summed E-state index contributed by atoms with van der Waals surface area (Å²) < 4.78 is 0. The molecule has 0 aromatic rings. The lowest BCUT2D eigenvalue weighted by molar-refractivity contribution is 0.109. The maximum Gasteiger partial charge on any atom is 0.0119 e. The minimum Gasteiger partial charge on any atom is -0.785 e. The molecular formula is C10H19N2O-. The second kappa shape index (κ2) is 4.40. The first-order valence-corrected chi connectivity index (χ1v) is 5.52. The van der Waals surface area contributed by atoms with Crippen molar-refractivity contribution in [3.63, 3.8) is 0 Å². The highest BCUT2D eigenvalue weighted by Gasteiger charge is 2.22. The number of likely N-dealkylation sites (tertiary alicyclic amines) is 1. The van der Waals surface area contributed by atoms with Gasteiger partial charge in [0.05, 0.1) is 0 Å². The van der Waals surface area contributed by atoms with E-state index >= 15 is 0 Å². The predicted molar refractivity (Wildman–Crippen MR) is 53.4 cm³/mol. The lowest BCUT2D eigenvalue weighted by Crippen LogP contribution is -2.45. The van der Waals surface area contributed by atoms with E-state index in [1.54, 1.807) is 0 Å². The Balaban J connectivity index is 1.79. The van der Waals surface area contributed by atoms with Gasteiger partial charge in [-0.05, 0) is 51.9 Å². The Morgan fingerprint density at radius 1 is 0.846 bits per heavy atom. The minimum absolute atomic E-state index is 0.713. The number of hydrogen-bond acceptors (Lipinski definition) is 3. The molecule has 2 aliphatic heterocycles. The van der Waals surface area contributed by atoms with Crippen molar-refractivity contribution >= 4 is 0 Å². The molecule has 0 spiro atoms. The third-order valence-corrected chi connectivity index (χ3v) is 3.33. The van der Waals surface area contributed by atoms with Gasteiger partial charge in [0.25, 0.3) is 0 Å². The summed E-state index contributed by atoms with van der Waals surface area (Å²) >= 11 is 0. The van der Waals surface area contributed by atoms with Crippen molar-refractivity contribution in [2.45, 2.75) is 38.1 Å². The molecule has 2 heterocycles. The van der Waals surface area contributed by atoms with Crippen LogP contribution in [0.2, 0.25) is 0 Å². The van der Waals surface area contributed by atoms with E-state index in [4.69, 9.17) is 0 Å². The van der Waals surface area contributed by atoms with Gasteiger partial charge in [0.15, 0.2) is 0 Å². The zero-order valence-corrected chi connectivity index (χ0v) is 8.24. The fourth-order valence-corrected chi connectivity index (χ4v) is 2.49. The maximum absolute atomic E-state index is 11.0. The van der Waals surface area contributed by atoms with Crippen LogP contribution >= 0.6 is 0 Å². The summed E-state index contributed by atoms with van der Waals surface area (Å²) in [6, 6.07) is 0.713. The molecule has 0 atom stereocenters. The van der Waals surface area contributed by atoms with Crippen LogP contribution in [0.1, 0.15) is 32.1 Å². The molecule has 3 heteroatoms. The summed E-state index contributed by atoms with van der Waals surface area (Å²) in [5.41, 5.74) is 0. The average molecular weight is 183 g/mol. The van der Waals surface area contributed by atoms with Gasteiger partial charge in [-0.25, -0.2) is 0 Å². The van der Waals surface area contributed by atoms with E-state index in [0.717, 1.165) is 25.9 Å². The van der Waals surface area contributed by atoms with Crippen molar-refractivity contribution in [1.29, 1.82) is 0 Å². The van der Waals surface area contributed by atoms with Crippen LogP contribution in [0.4, 0.5) is 0 Å². The molecule has 0 saturated carbocycles. The molecule has 0 N–H and O–H groups in total. The number of hydroxylamine groups is 2. The zero-order valence-electron chi connectivity index (χ0n) is 8.24. The van der Waals surface area contributed by atoms with Gasteiger partial charge in [0.1, 0.15) is 0 Å². The molecule has 0 aromatic heterocycles. The Kier molecular flexibility index (Phi) is 3.19. The maximum atomic E-state index is 11.0. The molecule has 0 aliphatic carbocycles. The Morgan fingerprint density at radius 2 is 1.46 bits per heavy atom. The molecule has 0 unspecified atom stereocenters. The Morgan fingerprint density at radius 3 is 2.08 bits per heavy atom. The van der Waals surface area contributed by atoms with E-state index in [2.05, 4.69) is 4.90 Å². The predicted octanol–water partition coefficient (Wildman–Crippen LogP) is 1.43. The second-order valence-corrected chi connectivity index (χ2v) is 4.26. The molecule has 2 aliphatic rings. The Hall–Kier alpha value is -0.120. The summed E-state index contributed by atoms with van der Waals surface area (Å²) in [7, 11) is 0. The van der Waals surface area contributed by atoms with Gasteiger partial charge >= 0.3 is 0 Å². The molecule has 2 fully saturated rings. The minimum atomic E-state index is 0.713. The van der Waals surface area contributed by atoms with Crippen molar-refractivity contribution in [2.75, 3.05) is 26.2 Å². The van der Waals surface area contributed by atoms with Gasteiger partial charge < -0.3 is 15.2 Å². The van der Waals surface area contributed by atoms with Gasteiger partial charge in [-0.15, -0.1) is 0 Å². The lowest BCUT2D eigenvalue weighted by atomic mass is 10.0. The summed E-state index contributed by atoms with van der Waals surface area (Å²) in [6.45, 7) is 4.04. The molecule has 0 amide bonds. The van der Waals surface area contributed by atoms with Gasteiger partial charge in [-0.1, -0.05) is 6.42 Å². The average Bonchev–Trinajstić information content (AvgIpc) is 2.20. The third kappa shape index (κ3) is 2.42. The standard InChI is InChI=1S/C10H19N2O/c13-12-8-4-10(5-9-12)11-6-2-1-3-7-11/h10H,1-9H2/q-1. The van der Waals surface area contributed by atoms with E-state index in [1.165, 1.54) is 37.4 Å². The van der Waals surface area contributed by atoms with E-state index in [1.807, 2.05) is 0 Å². The van der Waals surface area contributed by atoms with Gasteiger partial charge in [0.2, 0.25) is 0 Å². The topological polar surface area (TPSA) is 29.5 Å². The van der Waals surface area contributed by atoms with Crippen LogP contribution < -0.4 is 0 Å². The third-order valence-electron chi connectivity index (χ3n) is 3.33. The van der Waals surface area contributed by atoms with Crippen LogP contribution in [-0.2, 0) is 0 Å². The number of hydrogen-bond donors (Lipinski definition) is 0. The lowest BCUT2D eigenvalue weighted by Gasteiger charge is -2.42. The number of piperidine rings is 2.